The molecule has 4 rings (SSSR count). The topological polar surface area (TPSA) is 95.0 Å². The van der Waals surface area contributed by atoms with E-state index in [1.807, 2.05) is 47.8 Å². The summed E-state index contributed by atoms with van der Waals surface area (Å²) < 4.78 is 8.52. The molecule has 0 saturated carbocycles. The van der Waals surface area contributed by atoms with Crippen molar-refractivity contribution < 1.29 is 9.32 Å². The van der Waals surface area contributed by atoms with Gasteiger partial charge in [0.2, 0.25) is 17.6 Å². The van der Waals surface area contributed by atoms with Gasteiger partial charge >= 0.3 is 0 Å². The number of carbonyl (C=O) groups is 1. The third-order valence-corrected chi connectivity index (χ3v) is 5.69. The molecule has 0 aliphatic carbocycles. The zero-order chi connectivity index (χ0) is 21.1. The van der Waals surface area contributed by atoms with Gasteiger partial charge in [0, 0.05) is 19.9 Å². The van der Waals surface area contributed by atoms with E-state index in [1.54, 1.807) is 30.0 Å². The number of nitrogens with zero attached hydrogens (tertiary/aromatic N) is 4. The predicted molar refractivity (Wildman–Crippen MR) is 115 cm³/mol. The Balaban J connectivity index is 1.38. The molecule has 1 aromatic carbocycles. The van der Waals surface area contributed by atoms with Crippen LogP contribution in [0.5, 0.6) is 0 Å². The van der Waals surface area contributed by atoms with Crippen molar-refractivity contribution in [2.24, 2.45) is 7.05 Å². The molecule has 0 saturated heterocycles. The second-order valence-corrected chi connectivity index (χ2v) is 7.77. The van der Waals surface area contributed by atoms with Crippen LogP contribution in [0.15, 0.2) is 57.2 Å². The van der Waals surface area contributed by atoms with Crippen LogP contribution in [0, 0.1) is 6.92 Å². The van der Waals surface area contributed by atoms with Gasteiger partial charge in [-0.25, -0.2) is 4.68 Å². The zero-order valence-electron chi connectivity index (χ0n) is 16.7. The summed E-state index contributed by atoms with van der Waals surface area (Å²) in [5, 5.41) is 8.68. The van der Waals surface area contributed by atoms with Gasteiger partial charge in [0.15, 0.2) is 0 Å². The molecule has 8 nitrogen and oxygen atoms in total. The van der Waals surface area contributed by atoms with Gasteiger partial charge in [-0.15, -0.1) is 11.3 Å². The maximum atomic E-state index is 12.9. The first-order valence-corrected chi connectivity index (χ1v) is 10.4. The molecular weight excluding hydrogens is 402 g/mol. The molecule has 4 aromatic rings. The highest BCUT2D eigenvalue weighted by atomic mass is 32.1. The molecule has 0 aliphatic rings. The van der Waals surface area contributed by atoms with Crippen molar-refractivity contribution >= 4 is 22.9 Å². The van der Waals surface area contributed by atoms with Crippen LogP contribution in [0.3, 0.4) is 0 Å². The summed E-state index contributed by atoms with van der Waals surface area (Å²) in [6.07, 6.45) is 1.28. The summed E-state index contributed by atoms with van der Waals surface area (Å²) in [7, 11) is 1.79. The lowest BCUT2D eigenvalue weighted by molar-refractivity contribution is -0.116. The van der Waals surface area contributed by atoms with Gasteiger partial charge in [0.1, 0.15) is 5.69 Å². The monoisotopic (exact) mass is 423 g/mol. The molecule has 3 aromatic heterocycles. The summed E-state index contributed by atoms with van der Waals surface area (Å²) >= 11 is 1.54. The normalized spacial score (nSPS) is 11.0. The Kier molecular flexibility index (Phi) is 5.62. The molecule has 0 fully saturated rings. The quantitative estimate of drug-likeness (QED) is 0.490. The highest BCUT2D eigenvalue weighted by molar-refractivity contribution is 7.13. The average Bonchev–Trinajstić information content (AvgIpc) is 3.47. The van der Waals surface area contributed by atoms with Crippen molar-refractivity contribution in [3.63, 3.8) is 0 Å². The van der Waals surface area contributed by atoms with Crippen molar-refractivity contribution in [2.75, 3.05) is 5.32 Å². The van der Waals surface area contributed by atoms with E-state index in [-0.39, 0.29) is 17.9 Å². The van der Waals surface area contributed by atoms with Crippen LogP contribution in [-0.2, 0) is 18.3 Å². The lowest BCUT2D eigenvalue weighted by Gasteiger charge is -2.07. The Bertz CT molecular complexity index is 1210. The Morgan fingerprint density at radius 1 is 1.20 bits per heavy atom. The van der Waals surface area contributed by atoms with E-state index < -0.39 is 0 Å². The van der Waals surface area contributed by atoms with Crippen molar-refractivity contribution in [1.29, 1.82) is 0 Å². The van der Waals surface area contributed by atoms with Crippen molar-refractivity contribution in [2.45, 2.75) is 26.2 Å². The van der Waals surface area contributed by atoms with Crippen LogP contribution in [0.25, 0.3) is 16.4 Å². The van der Waals surface area contributed by atoms with Crippen LogP contribution < -0.4 is 10.9 Å². The van der Waals surface area contributed by atoms with Crippen LogP contribution >= 0.6 is 11.3 Å². The predicted octanol–water partition coefficient (Wildman–Crippen LogP) is 3.56. The largest absolute Gasteiger partial charge is 0.339 e. The van der Waals surface area contributed by atoms with Crippen molar-refractivity contribution in [1.82, 2.24) is 19.5 Å². The standard InChI is InChI=1S/C21H21N5O3S/c1-14-19(21(28)26(25(14)2)15-8-4-3-5-9-15)22-17(27)11-6-12-18-23-20(24-29-18)16-10-7-13-30-16/h3-5,7-10,13H,6,11-12H2,1-2H3,(H,22,27). The third-order valence-electron chi connectivity index (χ3n) is 4.82. The number of carbonyl (C=O) groups excluding carboxylic acids is 1. The summed E-state index contributed by atoms with van der Waals surface area (Å²) in [4.78, 5) is 30.6. The molecule has 0 spiro atoms. The number of anilines is 1. The van der Waals surface area contributed by atoms with Gasteiger partial charge in [-0.05, 0) is 36.9 Å². The first-order chi connectivity index (χ1) is 14.5. The van der Waals surface area contributed by atoms with Crippen LogP contribution in [-0.4, -0.2) is 25.4 Å². The number of aromatic nitrogens is 4. The molecule has 3 heterocycles. The maximum Gasteiger partial charge on any atom is 0.295 e. The van der Waals surface area contributed by atoms with E-state index in [0.717, 1.165) is 10.6 Å². The number of thiophene rings is 1. The van der Waals surface area contributed by atoms with E-state index in [2.05, 4.69) is 15.5 Å². The van der Waals surface area contributed by atoms with Gasteiger partial charge in [-0.1, -0.05) is 29.4 Å². The SMILES string of the molecule is Cc1c(NC(=O)CCCc2nc(-c3cccs3)no2)c(=O)n(-c2ccccc2)n1C. The second kappa shape index (κ2) is 8.50. The highest BCUT2D eigenvalue weighted by Crippen LogP contribution is 2.21. The lowest BCUT2D eigenvalue weighted by Crippen LogP contribution is -2.22. The second-order valence-electron chi connectivity index (χ2n) is 6.83. The minimum atomic E-state index is -0.257. The van der Waals surface area contributed by atoms with Gasteiger partial charge < -0.3 is 9.84 Å². The molecule has 1 N–H and O–H groups in total. The van der Waals surface area contributed by atoms with E-state index in [0.29, 0.717) is 35.9 Å². The van der Waals surface area contributed by atoms with E-state index in [1.165, 1.54) is 4.68 Å². The van der Waals surface area contributed by atoms with E-state index in [4.69, 9.17) is 4.52 Å². The number of para-hydroxylation sites is 1. The fourth-order valence-corrected chi connectivity index (χ4v) is 3.83. The van der Waals surface area contributed by atoms with Gasteiger partial charge in [-0.3, -0.25) is 14.3 Å². The highest BCUT2D eigenvalue weighted by Gasteiger charge is 2.18. The summed E-state index contributed by atoms with van der Waals surface area (Å²) in [6, 6.07) is 13.2. The Morgan fingerprint density at radius 2 is 2.00 bits per heavy atom. The number of rotatable bonds is 7. The van der Waals surface area contributed by atoms with Crippen molar-refractivity contribution in [3.05, 3.63) is 69.8 Å². The van der Waals surface area contributed by atoms with E-state index >= 15 is 0 Å². The molecule has 0 bridgehead atoms. The van der Waals surface area contributed by atoms with Crippen LogP contribution in [0.1, 0.15) is 24.4 Å². The first kappa shape index (κ1) is 19.8. The lowest BCUT2D eigenvalue weighted by atomic mass is 10.2. The molecule has 0 aliphatic heterocycles. The number of nitrogens with one attached hydrogen (secondary N) is 1. The molecule has 1 amide bonds. The number of hydrogen-bond acceptors (Lipinski definition) is 6. The molecule has 30 heavy (non-hydrogen) atoms. The molecule has 0 atom stereocenters. The molecule has 9 heteroatoms. The number of aryl methyl sites for hydroxylation is 1. The Hall–Kier alpha value is -3.46. The summed E-state index contributed by atoms with van der Waals surface area (Å²) in [5.74, 6) is 0.832. The number of hydrogen-bond donors (Lipinski definition) is 1. The average molecular weight is 423 g/mol. The fraction of sp³-hybridized carbons (Fsp3) is 0.238. The molecular formula is C21H21N5O3S. The minimum Gasteiger partial charge on any atom is -0.339 e. The smallest absolute Gasteiger partial charge is 0.295 e. The summed E-state index contributed by atoms with van der Waals surface area (Å²) in [5.41, 5.74) is 1.47. The number of amides is 1. The van der Waals surface area contributed by atoms with Gasteiger partial charge in [0.05, 0.1) is 16.3 Å². The molecule has 154 valence electrons. The van der Waals surface area contributed by atoms with Gasteiger partial charge in [0.25, 0.3) is 5.56 Å². The van der Waals surface area contributed by atoms with E-state index in [9.17, 15) is 9.59 Å². The van der Waals surface area contributed by atoms with Crippen LogP contribution in [0.2, 0.25) is 0 Å². The van der Waals surface area contributed by atoms with Gasteiger partial charge in [-0.2, -0.15) is 4.98 Å². The zero-order valence-corrected chi connectivity index (χ0v) is 17.5. The minimum absolute atomic E-state index is 0.223. The third kappa shape index (κ3) is 3.97. The first-order valence-electron chi connectivity index (χ1n) is 9.55. The summed E-state index contributed by atoms with van der Waals surface area (Å²) in [6.45, 7) is 1.81. The fourth-order valence-electron chi connectivity index (χ4n) is 3.18. The van der Waals surface area contributed by atoms with Crippen molar-refractivity contribution in [3.8, 4) is 16.4 Å². The number of benzene rings is 1. The molecule has 0 radical (unpaired) electrons. The maximum absolute atomic E-state index is 12.9. The Labute approximate surface area is 176 Å². The van der Waals surface area contributed by atoms with Crippen LogP contribution in [0.4, 0.5) is 5.69 Å². The molecule has 0 unspecified atom stereocenters. The Morgan fingerprint density at radius 3 is 2.73 bits per heavy atom.